The first-order valence-corrected chi connectivity index (χ1v) is 6.01. The van der Waals surface area contributed by atoms with Gasteiger partial charge >= 0.3 is 0 Å². The molecule has 0 spiro atoms. The number of nitrogen functional groups attached to an aromatic ring is 1. The topological polar surface area (TPSA) is 61.5 Å². The number of aromatic hydroxyl groups is 1. The summed E-state index contributed by atoms with van der Waals surface area (Å²) in [6.45, 7) is 2.14. The Kier molecular flexibility index (Phi) is 3.52. The van der Waals surface area contributed by atoms with Crippen molar-refractivity contribution in [3.05, 3.63) is 18.2 Å². The summed E-state index contributed by atoms with van der Waals surface area (Å²) in [6.07, 6.45) is 2.19. The van der Waals surface area contributed by atoms with Crippen molar-refractivity contribution >= 4 is 20.8 Å². The molecule has 1 heterocycles. The van der Waals surface area contributed by atoms with Crippen molar-refractivity contribution in [2.75, 3.05) is 24.1 Å². The molecule has 0 bridgehead atoms. The van der Waals surface area contributed by atoms with E-state index in [0.717, 1.165) is 31.6 Å². The maximum absolute atomic E-state index is 9.40. The molecule has 16 heavy (non-hydrogen) atoms. The van der Waals surface area contributed by atoms with Crippen LogP contribution < -0.4 is 11.1 Å². The smallest absolute Gasteiger partial charge is 0.117 e. The molecule has 5 heteroatoms. The van der Waals surface area contributed by atoms with Crippen LogP contribution in [0.3, 0.4) is 0 Å². The lowest BCUT2D eigenvalue weighted by molar-refractivity contribution is 0.357. The lowest BCUT2D eigenvalue weighted by atomic mass is 10.1. The summed E-state index contributed by atoms with van der Waals surface area (Å²) in [6, 6.07) is 5.46. The van der Waals surface area contributed by atoms with Crippen molar-refractivity contribution in [2.45, 2.75) is 18.9 Å². The van der Waals surface area contributed by atoms with E-state index in [1.807, 2.05) is 0 Å². The molecule has 1 aliphatic heterocycles. The van der Waals surface area contributed by atoms with Crippen LogP contribution in [0, 0.1) is 0 Å². The molecule has 4 nitrogen and oxygen atoms in total. The van der Waals surface area contributed by atoms with Crippen LogP contribution >= 0.6 is 9.39 Å². The lowest BCUT2D eigenvalue weighted by Crippen LogP contribution is -2.34. The van der Waals surface area contributed by atoms with Gasteiger partial charge in [-0.25, -0.2) is 0 Å². The fraction of sp³-hybridized carbons (Fsp3) is 0.455. The summed E-state index contributed by atoms with van der Waals surface area (Å²) in [7, 11) is 2.73. The van der Waals surface area contributed by atoms with E-state index in [0.29, 0.717) is 11.7 Å². The standard InChI is InChI=1S/C11H18N3OP/c12-10-2-1-9(15)7-11(10)13-8-3-5-14(16)6-4-8/h1-2,7-8,13,15H,3-6,12,16H2. The maximum atomic E-state index is 9.40. The predicted molar refractivity (Wildman–Crippen MR) is 70.4 cm³/mol. The first-order chi connectivity index (χ1) is 7.65. The van der Waals surface area contributed by atoms with Gasteiger partial charge in [-0.3, -0.25) is 4.67 Å². The molecule has 0 aliphatic carbocycles. The second-order valence-corrected chi connectivity index (χ2v) is 4.96. The predicted octanol–water partition coefficient (Wildman–Crippen LogP) is 1.64. The Hall–Kier alpha value is -0.990. The van der Waals surface area contributed by atoms with E-state index in [4.69, 9.17) is 5.73 Å². The van der Waals surface area contributed by atoms with Crippen LogP contribution in [0.5, 0.6) is 5.75 Å². The number of anilines is 2. The van der Waals surface area contributed by atoms with Crippen molar-refractivity contribution in [1.29, 1.82) is 0 Å². The van der Waals surface area contributed by atoms with E-state index in [1.54, 1.807) is 18.2 Å². The Bertz CT molecular complexity index is 364. The second kappa shape index (κ2) is 4.89. The number of nitrogens with one attached hydrogen (secondary N) is 1. The Morgan fingerprint density at radius 1 is 1.38 bits per heavy atom. The SMILES string of the molecule is Nc1ccc(O)cc1NC1CCN(P)CC1. The maximum Gasteiger partial charge on any atom is 0.117 e. The van der Waals surface area contributed by atoms with Crippen LogP contribution in [0.15, 0.2) is 18.2 Å². The van der Waals surface area contributed by atoms with Crippen molar-refractivity contribution in [3.63, 3.8) is 0 Å². The Morgan fingerprint density at radius 2 is 2.06 bits per heavy atom. The van der Waals surface area contributed by atoms with Gasteiger partial charge in [0.05, 0.1) is 11.4 Å². The number of phenols is 1. The van der Waals surface area contributed by atoms with Gasteiger partial charge in [0.15, 0.2) is 0 Å². The van der Waals surface area contributed by atoms with E-state index in [9.17, 15) is 5.11 Å². The molecule has 88 valence electrons. The van der Waals surface area contributed by atoms with Crippen LogP contribution in [0.1, 0.15) is 12.8 Å². The zero-order chi connectivity index (χ0) is 11.5. The minimum absolute atomic E-state index is 0.250. The van der Waals surface area contributed by atoms with Gasteiger partial charge in [0.25, 0.3) is 0 Å². The number of hydrogen-bond donors (Lipinski definition) is 3. The molecule has 2 rings (SSSR count). The highest BCUT2D eigenvalue weighted by atomic mass is 31.0. The van der Waals surface area contributed by atoms with E-state index in [2.05, 4.69) is 19.4 Å². The molecular formula is C11H18N3OP. The molecule has 4 N–H and O–H groups in total. The molecule has 0 amide bonds. The first kappa shape index (κ1) is 11.5. The molecule has 1 aromatic rings. The monoisotopic (exact) mass is 239 g/mol. The fourth-order valence-electron chi connectivity index (χ4n) is 1.93. The molecule has 1 aromatic carbocycles. The highest BCUT2D eigenvalue weighted by Crippen LogP contribution is 2.26. The fourth-order valence-corrected chi connectivity index (χ4v) is 2.23. The normalized spacial score (nSPS) is 18.6. The summed E-state index contributed by atoms with van der Waals surface area (Å²) in [5.74, 6) is 0.250. The van der Waals surface area contributed by atoms with Gasteiger partial charge in [-0.05, 0) is 25.0 Å². The van der Waals surface area contributed by atoms with Gasteiger partial charge in [0, 0.05) is 25.2 Å². The molecule has 0 saturated carbocycles. The number of rotatable bonds is 2. The number of hydrogen-bond acceptors (Lipinski definition) is 4. The van der Waals surface area contributed by atoms with Crippen LogP contribution in [-0.2, 0) is 0 Å². The van der Waals surface area contributed by atoms with Gasteiger partial charge in [-0.15, -0.1) is 0 Å². The van der Waals surface area contributed by atoms with Crippen LogP contribution in [0.2, 0.25) is 0 Å². The van der Waals surface area contributed by atoms with Crippen LogP contribution in [0.4, 0.5) is 11.4 Å². The summed E-state index contributed by atoms with van der Waals surface area (Å²) < 4.78 is 2.24. The summed E-state index contributed by atoms with van der Waals surface area (Å²) in [5, 5.41) is 12.8. The first-order valence-electron chi connectivity index (χ1n) is 5.50. The summed E-state index contributed by atoms with van der Waals surface area (Å²) >= 11 is 0. The van der Waals surface area contributed by atoms with Gasteiger partial charge in [0.2, 0.25) is 0 Å². The largest absolute Gasteiger partial charge is 0.508 e. The number of phenolic OH excluding ortho intramolecular Hbond substituents is 1. The van der Waals surface area contributed by atoms with E-state index in [-0.39, 0.29) is 5.75 Å². The van der Waals surface area contributed by atoms with Gasteiger partial charge in [0.1, 0.15) is 5.75 Å². The lowest BCUT2D eigenvalue weighted by Gasteiger charge is -2.30. The second-order valence-electron chi connectivity index (χ2n) is 4.23. The Balaban J connectivity index is 2.00. The average Bonchev–Trinajstić information content (AvgIpc) is 2.27. The molecule has 1 atom stereocenters. The van der Waals surface area contributed by atoms with Crippen LogP contribution in [-0.4, -0.2) is 28.9 Å². The molecule has 1 fully saturated rings. The average molecular weight is 239 g/mol. The Morgan fingerprint density at radius 3 is 2.75 bits per heavy atom. The van der Waals surface area contributed by atoms with E-state index >= 15 is 0 Å². The van der Waals surface area contributed by atoms with Crippen molar-refractivity contribution < 1.29 is 5.11 Å². The molecular weight excluding hydrogens is 221 g/mol. The zero-order valence-corrected chi connectivity index (χ0v) is 10.3. The van der Waals surface area contributed by atoms with Crippen molar-refractivity contribution in [1.82, 2.24) is 4.67 Å². The quantitative estimate of drug-likeness (QED) is 0.417. The molecule has 0 aromatic heterocycles. The van der Waals surface area contributed by atoms with Crippen molar-refractivity contribution in [2.24, 2.45) is 0 Å². The van der Waals surface area contributed by atoms with Gasteiger partial charge in [-0.1, -0.05) is 9.39 Å². The van der Waals surface area contributed by atoms with Crippen molar-refractivity contribution in [3.8, 4) is 5.75 Å². The highest BCUT2D eigenvalue weighted by molar-refractivity contribution is 7.13. The number of piperidine rings is 1. The molecule has 0 radical (unpaired) electrons. The number of benzene rings is 1. The third-order valence-corrected chi connectivity index (χ3v) is 3.44. The summed E-state index contributed by atoms with van der Waals surface area (Å²) in [4.78, 5) is 0. The van der Waals surface area contributed by atoms with Crippen LogP contribution in [0.25, 0.3) is 0 Å². The molecule has 1 saturated heterocycles. The highest BCUT2D eigenvalue weighted by Gasteiger charge is 2.17. The molecule has 1 aliphatic rings. The third kappa shape index (κ3) is 2.77. The third-order valence-electron chi connectivity index (χ3n) is 2.93. The van der Waals surface area contributed by atoms with Gasteiger partial charge in [-0.2, -0.15) is 0 Å². The zero-order valence-electron chi connectivity index (χ0n) is 9.19. The Labute approximate surface area is 98.1 Å². The minimum Gasteiger partial charge on any atom is -0.508 e. The minimum atomic E-state index is 0.250. The number of nitrogens with zero attached hydrogens (tertiary/aromatic N) is 1. The molecule has 1 unspecified atom stereocenters. The summed E-state index contributed by atoms with van der Waals surface area (Å²) in [5.41, 5.74) is 7.37. The number of nitrogens with two attached hydrogens (primary N) is 1. The van der Waals surface area contributed by atoms with E-state index in [1.165, 1.54) is 0 Å². The van der Waals surface area contributed by atoms with Gasteiger partial charge < -0.3 is 16.2 Å². The van der Waals surface area contributed by atoms with E-state index < -0.39 is 0 Å².